The molecule has 2 heterocycles. The second-order valence-electron chi connectivity index (χ2n) is 9.43. The van der Waals surface area contributed by atoms with Gasteiger partial charge >= 0.3 is 5.91 Å². The van der Waals surface area contributed by atoms with E-state index in [-0.39, 0.29) is 11.7 Å². The number of pyridine rings is 1. The quantitative estimate of drug-likeness (QED) is 0.245. The van der Waals surface area contributed by atoms with E-state index in [4.69, 9.17) is 14.1 Å². The number of furan rings is 1. The monoisotopic (exact) mass is 476 g/mol. The Labute approximate surface area is 207 Å². The van der Waals surface area contributed by atoms with Crippen LogP contribution in [0.2, 0.25) is 0 Å². The maximum absolute atomic E-state index is 12.7. The van der Waals surface area contributed by atoms with Gasteiger partial charge in [-0.05, 0) is 61.9 Å². The molecular weight excluding hydrogens is 452 g/mol. The van der Waals surface area contributed by atoms with Crippen LogP contribution in [0.25, 0.3) is 33.3 Å². The number of nitrogens with zero attached hydrogens (tertiary/aromatic N) is 2. The molecule has 6 nitrogen and oxygen atoms in total. The Kier molecular flexibility index (Phi) is 5.37. The predicted octanol–water partition coefficient (Wildman–Crippen LogP) is 7.50. The lowest BCUT2D eigenvalue weighted by molar-refractivity contribution is 0.0981. The smallest absolute Gasteiger partial charge is 0.317 e. The van der Waals surface area contributed by atoms with Crippen LogP contribution >= 0.6 is 0 Å². The van der Waals surface area contributed by atoms with Crippen molar-refractivity contribution in [1.82, 2.24) is 4.98 Å². The molecule has 178 valence electrons. The van der Waals surface area contributed by atoms with Gasteiger partial charge in [-0.15, -0.1) is 4.91 Å². The number of hydrogen-bond donors (Lipinski definition) is 0. The number of amides is 1. The first-order chi connectivity index (χ1) is 17.5. The highest BCUT2D eigenvalue weighted by Gasteiger charge is 2.33. The third-order valence-electron chi connectivity index (χ3n) is 7.17. The van der Waals surface area contributed by atoms with Crippen LogP contribution < -0.4 is 4.74 Å². The number of ether oxygens (including phenoxy) is 1. The largest absolute Gasteiger partial charge is 0.490 e. The molecular formula is C30H24N2O4. The Bertz CT molecular complexity index is 1630. The Hall–Kier alpha value is -4.32. The van der Waals surface area contributed by atoms with E-state index in [9.17, 15) is 9.70 Å². The van der Waals surface area contributed by atoms with Gasteiger partial charge < -0.3 is 9.15 Å². The van der Waals surface area contributed by atoms with Gasteiger partial charge in [-0.3, -0.25) is 4.79 Å². The summed E-state index contributed by atoms with van der Waals surface area (Å²) in [6.07, 6.45) is 1.79. The summed E-state index contributed by atoms with van der Waals surface area (Å²) in [5.41, 5.74) is 5.07. The van der Waals surface area contributed by atoms with Crippen molar-refractivity contribution in [2.24, 2.45) is 5.18 Å². The molecule has 2 aromatic heterocycles. The minimum absolute atomic E-state index is 0.0190. The van der Waals surface area contributed by atoms with Gasteiger partial charge in [0.2, 0.25) is 0 Å². The average Bonchev–Trinajstić information content (AvgIpc) is 3.23. The summed E-state index contributed by atoms with van der Waals surface area (Å²) < 4.78 is 12.5. The van der Waals surface area contributed by atoms with E-state index in [0.717, 1.165) is 34.9 Å². The Morgan fingerprint density at radius 3 is 2.50 bits per heavy atom. The highest BCUT2D eigenvalue weighted by Crippen LogP contribution is 2.42. The zero-order valence-electron chi connectivity index (χ0n) is 20.0. The first-order valence-corrected chi connectivity index (χ1v) is 12.1. The maximum atomic E-state index is 12.7. The minimum Gasteiger partial charge on any atom is -0.490 e. The summed E-state index contributed by atoms with van der Waals surface area (Å²) in [6, 6.07) is 23.5. The third kappa shape index (κ3) is 3.66. The summed E-state index contributed by atoms with van der Waals surface area (Å²) in [5, 5.41) is 4.23. The number of benzene rings is 3. The van der Waals surface area contributed by atoms with Gasteiger partial charge in [-0.1, -0.05) is 54.6 Å². The second-order valence-corrected chi connectivity index (χ2v) is 9.43. The molecule has 0 spiro atoms. The van der Waals surface area contributed by atoms with Crippen molar-refractivity contribution in [2.45, 2.75) is 38.7 Å². The number of nitroso groups, excluding NO2 is 1. The van der Waals surface area contributed by atoms with Crippen molar-refractivity contribution >= 4 is 27.8 Å². The van der Waals surface area contributed by atoms with Gasteiger partial charge in [0, 0.05) is 16.1 Å². The number of carbonyl (C=O) groups is 1. The van der Waals surface area contributed by atoms with E-state index >= 15 is 0 Å². The van der Waals surface area contributed by atoms with E-state index in [0.29, 0.717) is 34.0 Å². The van der Waals surface area contributed by atoms with Crippen LogP contribution in [0.3, 0.4) is 0 Å². The van der Waals surface area contributed by atoms with E-state index in [1.165, 1.54) is 5.56 Å². The molecule has 1 saturated carbocycles. The molecule has 1 aliphatic carbocycles. The molecule has 0 bridgehead atoms. The van der Waals surface area contributed by atoms with E-state index in [1.807, 2.05) is 68.4 Å². The molecule has 0 radical (unpaired) electrons. The van der Waals surface area contributed by atoms with Crippen molar-refractivity contribution in [3.05, 3.63) is 100.0 Å². The standard InChI is InChI=1S/C30H24N2O4/c1-17-12-13-26(35-21-14-20(15-21)19-8-4-3-5-9-19)27-23(30(33)32-34)16-24(31-28(17)27)29-18(2)22-10-6-7-11-25(22)36-29/h3-13,16,20-21H,14-15H2,1-2H3/t20-,21+. The van der Waals surface area contributed by atoms with Gasteiger partial charge in [0.1, 0.15) is 17.0 Å². The molecule has 0 N–H and O–H groups in total. The predicted molar refractivity (Wildman–Crippen MR) is 139 cm³/mol. The molecule has 0 unspecified atom stereocenters. The van der Waals surface area contributed by atoms with Crippen LogP contribution in [0.15, 0.2) is 82.4 Å². The lowest BCUT2D eigenvalue weighted by atomic mass is 9.77. The van der Waals surface area contributed by atoms with Gasteiger partial charge in [0.05, 0.1) is 22.6 Å². The van der Waals surface area contributed by atoms with Crippen molar-refractivity contribution in [3.63, 3.8) is 0 Å². The van der Waals surface area contributed by atoms with Crippen LogP contribution in [-0.4, -0.2) is 17.0 Å². The lowest BCUT2D eigenvalue weighted by Gasteiger charge is -2.36. The number of rotatable bonds is 5. The van der Waals surface area contributed by atoms with Gasteiger partial charge in [-0.25, -0.2) is 4.98 Å². The van der Waals surface area contributed by atoms with Crippen LogP contribution in [0.1, 0.15) is 45.8 Å². The van der Waals surface area contributed by atoms with Gasteiger partial charge in [0.15, 0.2) is 5.76 Å². The second kappa shape index (κ2) is 8.72. The van der Waals surface area contributed by atoms with E-state index in [2.05, 4.69) is 17.3 Å². The van der Waals surface area contributed by atoms with Gasteiger partial charge in [0.25, 0.3) is 0 Å². The van der Waals surface area contributed by atoms with Crippen molar-refractivity contribution in [2.75, 3.05) is 0 Å². The fraction of sp³-hybridized carbons (Fsp3) is 0.200. The number of aromatic nitrogens is 1. The number of aryl methyl sites for hydroxylation is 2. The van der Waals surface area contributed by atoms with Crippen LogP contribution in [0.4, 0.5) is 0 Å². The number of carbonyl (C=O) groups excluding carboxylic acids is 1. The molecule has 6 rings (SSSR count). The Morgan fingerprint density at radius 2 is 1.75 bits per heavy atom. The topological polar surface area (TPSA) is 81.8 Å². The van der Waals surface area contributed by atoms with Crippen molar-refractivity contribution in [1.29, 1.82) is 0 Å². The highest BCUT2D eigenvalue weighted by atomic mass is 16.5. The van der Waals surface area contributed by atoms with Gasteiger partial charge in [-0.2, -0.15) is 0 Å². The fourth-order valence-corrected chi connectivity index (χ4v) is 5.13. The van der Waals surface area contributed by atoms with E-state index in [1.54, 1.807) is 6.07 Å². The zero-order valence-corrected chi connectivity index (χ0v) is 20.0. The summed E-state index contributed by atoms with van der Waals surface area (Å²) in [4.78, 5) is 29.0. The van der Waals surface area contributed by atoms with Crippen LogP contribution in [0, 0.1) is 18.8 Å². The SMILES string of the molecule is Cc1c(-c2cc(C(=O)N=O)c3c(O[C@H]4C[C@@H](c5ccccc5)C4)ccc(C)c3n2)oc2ccccc12. The highest BCUT2D eigenvalue weighted by molar-refractivity contribution is 6.10. The first-order valence-electron chi connectivity index (χ1n) is 12.1. The van der Waals surface area contributed by atoms with Crippen LogP contribution in [-0.2, 0) is 0 Å². The summed E-state index contributed by atoms with van der Waals surface area (Å²) >= 11 is 0. The molecule has 3 aromatic carbocycles. The Balaban J connectivity index is 1.43. The average molecular weight is 477 g/mol. The zero-order chi connectivity index (χ0) is 24.8. The molecule has 5 aromatic rings. The molecule has 1 amide bonds. The molecule has 0 atom stereocenters. The maximum Gasteiger partial charge on any atom is 0.317 e. The minimum atomic E-state index is -0.858. The normalized spacial score (nSPS) is 17.2. The summed E-state index contributed by atoms with van der Waals surface area (Å²) in [6.45, 7) is 3.88. The molecule has 1 aliphatic rings. The molecule has 1 fully saturated rings. The molecule has 0 saturated heterocycles. The Morgan fingerprint density at radius 1 is 1.00 bits per heavy atom. The molecule has 0 aliphatic heterocycles. The number of fused-ring (bicyclic) bond motifs is 2. The lowest BCUT2D eigenvalue weighted by Crippen LogP contribution is -2.32. The summed E-state index contributed by atoms with van der Waals surface area (Å²) in [7, 11) is 0. The number of para-hydroxylation sites is 1. The fourth-order valence-electron chi connectivity index (χ4n) is 5.13. The number of hydrogen-bond acceptors (Lipinski definition) is 5. The molecule has 36 heavy (non-hydrogen) atoms. The van der Waals surface area contributed by atoms with E-state index < -0.39 is 5.91 Å². The van der Waals surface area contributed by atoms with Crippen molar-refractivity contribution in [3.8, 4) is 17.2 Å². The van der Waals surface area contributed by atoms with Crippen molar-refractivity contribution < 1.29 is 13.9 Å². The van der Waals surface area contributed by atoms with Crippen LogP contribution in [0.5, 0.6) is 5.75 Å². The third-order valence-corrected chi connectivity index (χ3v) is 7.17. The summed E-state index contributed by atoms with van der Waals surface area (Å²) in [5.74, 6) is 0.697. The molecule has 6 heteroatoms. The first kappa shape index (κ1) is 22.2.